The van der Waals surface area contributed by atoms with Gasteiger partial charge in [0.2, 0.25) is 0 Å². The number of likely N-dealkylation sites (tertiary alicyclic amines) is 1. The molecule has 0 spiro atoms. The third-order valence-corrected chi connectivity index (χ3v) is 4.37. The van der Waals surface area contributed by atoms with Gasteiger partial charge < -0.3 is 19.1 Å². The Balaban J connectivity index is 1.48. The van der Waals surface area contributed by atoms with E-state index in [2.05, 4.69) is 0 Å². The number of carbonyl (C=O) groups excluding carboxylic acids is 3. The monoisotopic (exact) mass is 348 g/mol. The molecule has 1 aromatic rings. The van der Waals surface area contributed by atoms with Crippen LogP contribution < -0.4 is 9.47 Å². The van der Waals surface area contributed by atoms with E-state index in [4.69, 9.17) is 14.2 Å². The summed E-state index contributed by atoms with van der Waals surface area (Å²) < 4.78 is 15.4. The van der Waals surface area contributed by atoms with E-state index < -0.39 is 6.09 Å². The molecule has 0 saturated carbocycles. The zero-order chi connectivity index (χ0) is 17.8. The maximum atomic E-state index is 12.3. The highest BCUT2D eigenvalue weighted by Crippen LogP contribution is 2.22. The zero-order valence-corrected chi connectivity index (χ0v) is 14.0. The average Bonchev–Trinajstić information content (AvgIpc) is 2.98. The van der Waals surface area contributed by atoms with E-state index in [1.807, 2.05) is 0 Å². The standard InChI is InChI=1S/C17H20N2O6/c1-23-13-3-2-4-14(9-13)24-10-15(20)18-7-5-12(6-8-18)19-16(21)11-25-17(19)22/h2-4,9,12H,5-8,10-11H2,1H3. The van der Waals surface area contributed by atoms with Crippen LogP contribution in [-0.2, 0) is 14.3 Å². The Morgan fingerprint density at radius 1 is 1.24 bits per heavy atom. The summed E-state index contributed by atoms with van der Waals surface area (Å²) in [4.78, 5) is 38.4. The molecule has 0 bridgehead atoms. The van der Waals surface area contributed by atoms with Gasteiger partial charge in [-0.25, -0.2) is 9.69 Å². The summed E-state index contributed by atoms with van der Waals surface area (Å²) in [6.07, 6.45) is 0.508. The topological polar surface area (TPSA) is 85.4 Å². The molecule has 2 fully saturated rings. The van der Waals surface area contributed by atoms with Gasteiger partial charge in [0.05, 0.1) is 7.11 Å². The second-order valence-electron chi connectivity index (χ2n) is 5.90. The largest absolute Gasteiger partial charge is 0.497 e. The molecule has 8 nitrogen and oxygen atoms in total. The lowest BCUT2D eigenvalue weighted by Gasteiger charge is -2.34. The summed E-state index contributed by atoms with van der Waals surface area (Å²) in [5.74, 6) is 0.786. The number of imide groups is 1. The third kappa shape index (κ3) is 3.84. The molecule has 134 valence electrons. The molecule has 2 aliphatic rings. The van der Waals surface area contributed by atoms with Crippen LogP contribution in [0.4, 0.5) is 4.79 Å². The molecular formula is C17H20N2O6. The van der Waals surface area contributed by atoms with Gasteiger partial charge in [-0.1, -0.05) is 6.07 Å². The minimum Gasteiger partial charge on any atom is -0.497 e. The van der Waals surface area contributed by atoms with E-state index in [1.54, 1.807) is 36.3 Å². The van der Waals surface area contributed by atoms with E-state index in [0.29, 0.717) is 37.4 Å². The van der Waals surface area contributed by atoms with E-state index >= 15 is 0 Å². The fourth-order valence-electron chi connectivity index (χ4n) is 3.02. The van der Waals surface area contributed by atoms with Crippen molar-refractivity contribution >= 4 is 17.9 Å². The van der Waals surface area contributed by atoms with E-state index in [1.165, 1.54) is 4.90 Å². The molecule has 0 N–H and O–H groups in total. The normalized spacial score (nSPS) is 18.3. The maximum absolute atomic E-state index is 12.3. The van der Waals surface area contributed by atoms with Crippen molar-refractivity contribution in [3.63, 3.8) is 0 Å². The summed E-state index contributed by atoms with van der Waals surface area (Å²) in [5.41, 5.74) is 0. The van der Waals surface area contributed by atoms with Gasteiger partial charge in [-0.15, -0.1) is 0 Å². The van der Waals surface area contributed by atoms with Crippen molar-refractivity contribution in [2.24, 2.45) is 0 Å². The van der Waals surface area contributed by atoms with Crippen LogP contribution in [-0.4, -0.2) is 67.2 Å². The summed E-state index contributed by atoms with van der Waals surface area (Å²) >= 11 is 0. The number of benzene rings is 1. The number of rotatable bonds is 5. The van der Waals surface area contributed by atoms with Crippen molar-refractivity contribution in [1.82, 2.24) is 9.80 Å². The predicted molar refractivity (Wildman–Crippen MR) is 86.3 cm³/mol. The Morgan fingerprint density at radius 2 is 1.96 bits per heavy atom. The van der Waals surface area contributed by atoms with Crippen molar-refractivity contribution in [3.05, 3.63) is 24.3 Å². The van der Waals surface area contributed by atoms with Crippen LogP contribution in [0.2, 0.25) is 0 Å². The lowest BCUT2D eigenvalue weighted by atomic mass is 10.0. The smallest absolute Gasteiger partial charge is 0.417 e. The molecule has 0 aromatic heterocycles. The van der Waals surface area contributed by atoms with Gasteiger partial charge >= 0.3 is 6.09 Å². The molecule has 1 aromatic carbocycles. The Labute approximate surface area is 145 Å². The Morgan fingerprint density at radius 3 is 2.60 bits per heavy atom. The van der Waals surface area contributed by atoms with Crippen LogP contribution in [0.1, 0.15) is 12.8 Å². The van der Waals surface area contributed by atoms with Crippen LogP contribution in [0.3, 0.4) is 0 Å². The average molecular weight is 348 g/mol. The molecule has 0 radical (unpaired) electrons. The number of carbonyl (C=O) groups is 3. The molecule has 25 heavy (non-hydrogen) atoms. The fraction of sp³-hybridized carbons (Fsp3) is 0.471. The highest BCUT2D eigenvalue weighted by Gasteiger charge is 2.38. The van der Waals surface area contributed by atoms with Gasteiger partial charge in [0.25, 0.3) is 11.8 Å². The van der Waals surface area contributed by atoms with Crippen molar-refractivity contribution in [3.8, 4) is 11.5 Å². The summed E-state index contributed by atoms with van der Waals surface area (Å²) in [6, 6.07) is 6.85. The highest BCUT2D eigenvalue weighted by atomic mass is 16.6. The Bertz CT molecular complexity index is 653. The molecule has 2 heterocycles. The van der Waals surface area contributed by atoms with Crippen molar-refractivity contribution in [2.75, 3.05) is 33.4 Å². The first-order chi connectivity index (χ1) is 12.1. The SMILES string of the molecule is COc1cccc(OCC(=O)N2CCC(N3C(=O)COC3=O)CC2)c1. The van der Waals surface area contributed by atoms with E-state index in [0.717, 1.165) is 0 Å². The third-order valence-electron chi connectivity index (χ3n) is 4.37. The summed E-state index contributed by atoms with van der Waals surface area (Å²) in [7, 11) is 1.56. The molecule has 3 amide bonds. The fourth-order valence-corrected chi connectivity index (χ4v) is 3.02. The molecule has 3 rings (SSSR count). The van der Waals surface area contributed by atoms with Crippen LogP contribution in [0.15, 0.2) is 24.3 Å². The van der Waals surface area contributed by atoms with Crippen LogP contribution in [0, 0.1) is 0 Å². The number of methoxy groups -OCH3 is 1. The molecule has 2 aliphatic heterocycles. The van der Waals surface area contributed by atoms with Gasteiger partial charge in [-0.3, -0.25) is 9.59 Å². The van der Waals surface area contributed by atoms with Crippen LogP contribution in [0.5, 0.6) is 11.5 Å². The zero-order valence-electron chi connectivity index (χ0n) is 14.0. The van der Waals surface area contributed by atoms with E-state index in [-0.39, 0.29) is 31.1 Å². The van der Waals surface area contributed by atoms with Gasteiger partial charge in [-0.2, -0.15) is 0 Å². The first-order valence-electron chi connectivity index (χ1n) is 8.12. The highest BCUT2D eigenvalue weighted by molar-refractivity contribution is 5.98. The second-order valence-corrected chi connectivity index (χ2v) is 5.90. The van der Waals surface area contributed by atoms with Crippen molar-refractivity contribution < 1.29 is 28.6 Å². The van der Waals surface area contributed by atoms with Crippen LogP contribution >= 0.6 is 0 Å². The second kappa shape index (κ2) is 7.42. The Kier molecular flexibility index (Phi) is 5.06. The Hall–Kier alpha value is -2.77. The number of hydrogen-bond donors (Lipinski definition) is 0. The minimum absolute atomic E-state index is 0.0669. The van der Waals surface area contributed by atoms with Gasteiger partial charge in [0, 0.05) is 25.2 Å². The molecule has 0 unspecified atom stereocenters. The predicted octanol–water partition coefficient (Wildman–Crippen LogP) is 1.04. The number of ether oxygens (including phenoxy) is 3. The minimum atomic E-state index is -0.587. The number of amides is 3. The van der Waals surface area contributed by atoms with Crippen molar-refractivity contribution in [2.45, 2.75) is 18.9 Å². The van der Waals surface area contributed by atoms with Gasteiger partial charge in [0.15, 0.2) is 13.2 Å². The molecule has 8 heteroatoms. The number of nitrogens with zero attached hydrogens (tertiary/aromatic N) is 2. The number of hydrogen-bond acceptors (Lipinski definition) is 6. The molecule has 2 saturated heterocycles. The van der Waals surface area contributed by atoms with Gasteiger partial charge in [-0.05, 0) is 25.0 Å². The summed E-state index contributed by atoms with van der Waals surface area (Å²) in [5, 5.41) is 0. The number of cyclic esters (lactones) is 1. The van der Waals surface area contributed by atoms with Crippen LogP contribution in [0.25, 0.3) is 0 Å². The molecular weight excluding hydrogens is 328 g/mol. The lowest BCUT2D eigenvalue weighted by molar-refractivity contribution is -0.135. The molecule has 0 aliphatic carbocycles. The van der Waals surface area contributed by atoms with Gasteiger partial charge in [0.1, 0.15) is 11.5 Å². The summed E-state index contributed by atoms with van der Waals surface area (Å²) in [6.45, 7) is 0.693. The first kappa shape index (κ1) is 17.1. The van der Waals surface area contributed by atoms with E-state index in [9.17, 15) is 14.4 Å². The molecule has 0 atom stereocenters. The quantitative estimate of drug-likeness (QED) is 0.790. The first-order valence-corrected chi connectivity index (χ1v) is 8.12. The lowest BCUT2D eigenvalue weighted by Crippen LogP contribution is -2.49. The number of piperidine rings is 1. The maximum Gasteiger partial charge on any atom is 0.417 e. The van der Waals surface area contributed by atoms with Crippen molar-refractivity contribution in [1.29, 1.82) is 0 Å².